The average Bonchev–Trinajstić information content (AvgIpc) is 3.08. The summed E-state index contributed by atoms with van der Waals surface area (Å²) < 4.78 is 1.72. The molecule has 3 rings (SSSR count). The average molecular weight is 347 g/mol. The van der Waals surface area contributed by atoms with Gasteiger partial charge in [0.25, 0.3) is 5.91 Å². The van der Waals surface area contributed by atoms with Crippen molar-refractivity contribution < 1.29 is 4.79 Å². The molecule has 1 N–H and O–H groups in total. The third-order valence-electron chi connectivity index (χ3n) is 4.42. The number of nitrogens with one attached hydrogen (secondary N) is 1. The molecule has 0 aliphatic heterocycles. The smallest absolute Gasteiger partial charge is 0.270 e. The zero-order chi connectivity index (χ0) is 18.7. The first-order valence-electron chi connectivity index (χ1n) is 8.97. The van der Waals surface area contributed by atoms with E-state index in [1.165, 1.54) is 11.1 Å². The monoisotopic (exact) mass is 347 g/mol. The summed E-state index contributed by atoms with van der Waals surface area (Å²) in [5.41, 5.74) is 5.68. The Morgan fingerprint density at radius 2 is 1.77 bits per heavy atom. The van der Waals surface area contributed by atoms with E-state index in [0.29, 0.717) is 18.2 Å². The maximum absolute atomic E-state index is 12.7. The van der Waals surface area contributed by atoms with Crippen LogP contribution in [0.3, 0.4) is 0 Å². The van der Waals surface area contributed by atoms with Crippen molar-refractivity contribution in [3.63, 3.8) is 0 Å². The Bertz CT molecular complexity index is 910. The van der Waals surface area contributed by atoms with Crippen molar-refractivity contribution in [1.29, 1.82) is 0 Å². The Labute approximate surface area is 154 Å². The van der Waals surface area contributed by atoms with E-state index in [2.05, 4.69) is 51.2 Å². The number of aromatic nitrogens is 2. The van der Waals surface area contributed by atoms with E-state index >= 15 is 0 Å². The van der Waals surface area contributed by atoms with Crippen LogP contribution in [0.25, 0.3) is 16.9 Å². The van der Waals surface area contributed by atoms with Crippen LogP contribution in [0, 0.1) is 19.8 Å². The standard InChI is InChI=1S/C22H25N3O/c1-15(2)14-23-22(26)21-13-20(18-11-10-16(3)17(4)12-18)24-25(21)19-8-6-5-7-9-19/h5-13,15H,14H2,1-4H3,(H,23,26). The van der Waals surface area contributed by atoms with Crippen LogP contribution in [-0.4, -0.2) is 22.2 Å². The fraction of sp³-hybridized carbons (Fsp3) is 0.273. The number of hydrogen-bond acceptors (Lipinski definition) is 2. The molecular weight excluding hydrogens is 322 g/mol. The summed E-state index contributed by atoms with van der Waals surface area (Å²) in [5, 5.41) is 7.72. The Morgan fingerprint density at radius 3 is 2.42 bits per heavy atom. The first-order chi connectivity index (χ1) is 12.5. The van der Waals surface area contributed by atoms with E-state index in [-0.39, 0.29) is 5.91 Å². The molecule has 0 saturated heterocycles. The van der Waals surface area contributed by atoms with Gasteiger partial charge in [-0.05, 0) is 55.2 Å². The summed E-state index contributed by atoms with van der Waals surface area (Å²) in [6, 6.07) is 17.9. The van der Waals surface area contributed by atoms with E-state index in [9.17, 15) is 4.79 Å². The van der Waals surface area contributed by atoms with Gasteiger partial charge in [0.15, 0.2) is 0 Å². The highest BCUT2D eigenvalue weighted by molar-refractivity contribution is 5.94. The predicted molar refractivity (Wildman–Crippen MR) is 106 cm³/mol. The number of rotatable bonds is 5. The minimum atomic E-state index is -0.106. The van der Waals surface area contributed by atoms with Gasteiger partial charge in [-0.3, -0.25) is 4.79 Å². The van der Waals surface area contributed by atoms with Crippen molar-refractivity contribution >= 4 is 5.91 Å². The van der Waals surface area contributed by atoms with E-state index in [0.717, 1.165) is 16.9 Å². The van der Waals surface area contributed by atoms with Crippen molar-refractivity contribution in [1.82, 2.24) is 15.1 Å². The second-order valence-corrected chi connectivity index (χ2v) is 7.07. The molecule has 2 aromatic carbocycles. The molecule has 4 heteroatoms. The maximum Gasteiger partial charge on any atom is 0.270 e. The molecule has 0 unspecified atom stereocenters. The molecule has 1 heterocycles. The fourth-order valence-corrected chi connectivity index (χ4v) is 2.74. The second-order valence-electron chi connectivity index (χ2n) is 7.07. The van der Waals surface area contributed by atoms with Gasteiger partial charge in [-0.1, -0.05) is 44.2 Å². The van der Waals surface area contributed by atoms with Gasteiger partial charge in [0, 0.05) is 12.1 Å². The van der Waals surface area contributed by atoms with Crippen LogP contribution >= 0.6 is 0 Å². The van der Waals surface area contributed by atoms with Crippen molar-refractivity contribution in [2.24, 2.45) is 5.92 Å². The van der Waals surface area contributed by atoms with Crippen molar-refractivity contribution in [2.45, 2.75) is 27.7 Å². The van der Waals surface area contributed by atoms with E-state index in [1.54, 1.807) is 4.68 Å². The molecule has 26 heavy (non-hydrogen) atoms. The zero-order valence-corrected chi connectivity index (χ0v) is 15.8. The van der Waals surface area contributed by atoms with Crippen LogP contribution in [0.15, 0.2) is 54.6 Å². The van der Waals surface area contributed by atoms with Gasteiger partial charge in [0.05, 0.1) is 11.4 Å². The minimum absolute atomic E-state index is 0.106. The normalized spacial score (nSPS) is 11.0. The van der Waals surface area contributed by atoms with E-state index in [1.807, 2.05) is 36.4 Å². The number of carbonyl (C=O) groups is 1. The Morgan fingerprint density at radius 1 is 1.04 bits per heavy atom. The van der Waals surface area contributed by atoms with E-state index in [4.69, 9.17) is 5.10 Å². The molecule has 3 aromatic rings. The summed E-state index contributed by atoms with van der Waals surface area (Å²) in [4.78, 5) is 12.7. The number of carbonyl (C=O) groups excluding carboxylic acids is 1. The van der Waals surface area contributed by atoms with Gasteiger partial charge >= 0.3 is 0 Å². The topological polar surface area (TPSA) is 46.9 Å². The summed E-state index contributed by atoms with van der Waals surface area (Å²) >= 11 is 0. The zero-order valence-electron chi connectivity index (χ0n) is 15.8. The first-order valence-corrected chi connectivity index (χ1v) is 8.97. The van der Waals surface area contributed by atoms with Gasteiger partial charge in [0.2, 0.25) is 0 Å². The number of hydrogen-bond donors (Lipinski definition) is 1. The predicted octanol–water partition coefficient (Wildman–Crippen LogP) is 4.54. The number of benzene rings is 2. The number of amides is 1. The highest BCUT2D eigenvalue weighted by Crippen LogP contribution is 2.24. The SMILES string of the molecule is Cc1ccc(-c2cc(C(=O)NCC(C)C)n(-c3ccccc3)n2)cc1C. The number of nitrogens with zero attached hydrogens (tertiary/aromatic N) is 2. The quantitative estimate of drug-likeness (QED) is 0.736. The molecule has 134 valence electrons. The fourth-order valence-electron chi connectivity index (χ4n) is 2.74. The lowest BCUT2D eigenvalue weighted by Gasteiger charge is -2.09. The number of para-hydroxylation sites is 1. The van der Waals surface area contributed by atoms with Crippen LogP contribution < -0.4 is 5.32 Å². The second kappa shape index (κ2) is 7.56. The minimum Gasteiger partial charge on any atom is -0.350 e. The Kier molecular flexibility index (Phi) is 5.21. The molecule has 0 spiro atoms. The van der Waals surface area contributed by atoms with Gasteiger partial charge in [0.1, 0.15) is 5.69 Å². The summed E-state index contributed by atoms with van der Waals surface area (Å²) in [5.74, 6) is 0.288. The molecule has 0 aliphatic carbocycles. The lowest BCUT2D eigenvalue weighted by molar-refractivity contribution is 0.0941. The summed E-state index contributed by atoms with van der Waals surface area (Å²) in [6.45, 7) is 8.97. The summed E-state index contributed by atoms with van der Waals surface area (Å²) in [7, 11) is 0. The Balaban J connectivity index is 2.05. The molecule has 0 atom stereocenters. The lowest BCUT2D eigenvalue weighted by atomic mass is 10.0. The molecule has 0 aliphatic rings. The van der Waals surface area contributed by atoms with Gasteiger partial charge in [-0.2, -0.15) is 5.10 Å². The van der Waals surface area contributed by atoms with Crippen LogP contribution in [0.5, 0.6) is 0 Å². The molecule has 0 radical (unpaired) electrons. The van der Waals surface area contributed by atoms with Crippen molar-refractivity contribution in [2.75, 3.05) is 6.54 Å². The summed E-state index contributed by atoms with van der Waals surface area (Å²) in [6.07, 6.45) is 0. The Hall–Kier alpha value is -2.88. The first kappa shape index (κ1) is 17.9. The maximum atomic E-state index is 12.7. The van der Waals surface area contributed by atoms with Crippen molar-refractivity contribution in [3.8, 4) is 16.9 Å². The molecule has 0 bridgehead atoms. The van der Waals surface area contributed by atoms with Gasteiger partial charge in [-0.15, -0.1) is 0 Å². The van der Waals surface area contributed by atoms with Crippen LogP contribution in [0.2, 0.25) is 0 Å². The van der Waals surface area contributed by atoms with Crippen molar-refractivity contribution in [3.05, 3.63) is 71.4 Å². The molecule has 4 nitrogen and oxygen atoms in total. The van der Waals surface area contributed by atoms with Crippen LogP contribution in [0.1, 0.15) is 35.5 Å². The highest BCUT2D eigenvalue weighted by Gasteiger charge is 2.18. The number of aryl methyl sites for hydroxylation is 2. The van der Waals surface area contributed by atoms with Gasteiger partial charge < -0.3 is 5.32 Å². The molecular formula is C22H25N3O. The molecule has 0 fully saturated rings. The molecule has 0 saturated carbocycles. The highest BCUT2D eigenvalue weighted by atomic mass is 16.2. The molecule has 1 aromatic heterocycles. The van der Waals surface area contributed by atoms with Gasteiger partial charge in [-0.25, -0.2) is 4.68 Å². The van der Waals surface area contributed by atoms with E-state index < -0.39 is 0 Å². The third-order valence-corrected chi connectivity index (χ3v) is 4.42. The van der Waals surface area contributed by atoms with Crippen LogP contribution in [-0.2, 0) is 0 Å². The molecule has 1 amide bonds. The van der Waals surface area contributed by atoms with Crippen LogP contribution in [0.4, 0.5) is 0 Å². The third kappa shape index (κ3) is 3.85. The lowest BCUT2D eigenvalue weighted by Crippen LogP contribution is -2.29. The largest absolute Gasteiger partial charge is 0.350 e.